The first-order valence-corrected chi connectivity index (χ1v) is 9.01. The molecule has 3 saturated heterocycles. The van der Waals surface area contributed by atoms with Crippen molar-refractivity contribution in [2.24, 2.45) is 0 Å². The SMILES string of the molecule is CN1C2CCC1CN(S(=O)(=O)C1CCNCC1)CC2. The average molecular weight is 287 g/mol. The Labute approximate surface area is 116 Å². The Morgan fingerprint density at radius 2 is 1.68 bits per heavy atom. The molecule has 2 atom stereocenters. The van der Waals surface area contributed by atoms with Gasteiger partial charge in [-0.05, 0) is 52.2 Å². The van der Waals surface area contributed by atoms with Crippen LogP contribution >= 0.6 is 0 Å². The second kappa shape index (κ2) is 5.31. The number of nitrogens with one attached hydrogen (secondary N) is 1. The predicted molar refractivity (Wildman–Crippen MR) is 75.6 cm³/mol. The fourth-order valence-electron chi connectivity index (χ4n) is 3.81. The molecule has 5 nitrogen and oxygen atoms in total. The van der Waals surface area contributed by atoms with Gasteiger partial charge >= 0.3 is 0 Å². The second-order valence-corrected chi connectivity index (χ2v) is 8.40. The van der Waals surface area contributed by atoms with Gasteiger partial charge in [0.1, 0.15) is 0 Å². The van der Waals surface area contributed by atoms with E-state index < -0.39 is 10.0 Å². The van der Waals surface area contributed by atoms with E-state index in [1.807, 2.05) is 0 Å². The molecule has 19 heavy (non-hydrogen) atoms. The van der Waals surface area contributed by atoms with Crippen molar-refractivity contribution in [3.05, 3.63) is 0 Å². The number of piperidine rings is 1. The van der Waals surface area contributed by atoms with Crippen LogP contribution in [0.1, 0.15) is 32.1 Å². The summed E-state index contributed by atoms with van der Waals surface area (Å²) in [4.78, 5) is 2.40. The molecular formula is C13H25N3O2S. The molecule has 0 spiro atoms. The second-order valence-electron chi connectivity index (χ2n) is 6.19. The van der Waals surface area contributed by atoms with Gasteiger partial charge in [0.2, 0.25) is 10.0 Å². The van der Waals surface area contributed by atoms with Gasteiger partial charge in [0.25, 0.3) is 0 Å². The monoisotopic (exact) mass is 287 g/mol. The van der Waals surface area contributed by atoms with Gasteiger partial charge in [-0.25, -0.2) is 12.7 Å². The standard InChI is InChI=1S/C13H25N3O2S/c1-15-11-2-3-12(15)10-16(9-6-11)19(17,18)13-4-7-14-8-5-13/h11-14H,2-10H2,1H3. The number of fused-ring (bicyclic) bond motifs is 2. The highest BCUT2D eigenvalue weighted by molar-refractivity contribution is 7.89. The summed E-state index contributed by atoms with van der Waals surface area (Å²) in [5, 5.41) is 3.09. The lowest BCUT2D eigenvalue weighted by Crippen LogP contribution is -2.46. The van der Waals surface area contributed by atoms with E-state index >= 15 is 0 Å². The van der Waals surface area contributed by atoms with Crippen molar-refractivity contribution >= 4 is 10.0 Å². The minimum Gasteiger partial charge on any atom is -0.317 e. The first-order chi connectivity index (χ1) is 9.09. The summed E-state index contributed by atoms with van der Waals surface area (Å²) in [6.45, 7) is 3.10. The minimum absolute atomic E-state index is 0.157. The highest BCUT2D eigenvalue weighted by Crippen LogP contribution is 2.31. The van der Waals surface area contributed by atoms with Gasteiger partial charge in [-0.1, -0.05) is 0 Å². The summed E-state index contributed by atoms with van der Waals surface area (Å²) in [6, 6.07) is 1.03. The zero-order valence-corrected chi connectivity index (χ0v) is 12.5. The lowest BCUT2D eigenvalue weighted by molar-refractivity contribution is 0.246. The first-order valence-electron chi connectivity index (χ1n) is 7.50. The van der Waals surface area contributed by atoms with E-state index in [4.69, 9.17) is 0 Å². The number of likely N-dealkylation sites (N-methyl/N-ethyl adjacent to an activating group) is 1. The number of hydrogen-bond acceptors (Lipinski definition) is 4. The maximum absolute atomic E-state index is 12.8. The molecule has 1 N–H and O–H groups in total. The molecule has 0 saturated carbocycles. The Morgan fingerprint density at radius 1 is 1.00 bits per heavy atom. The molecule has 2 bridgehead atoms. The zero-order chi connectivity index (χ0) is 13.5. The van der Waals surface area contributed by atoms with Gasteiger partial charge in [-0.2, -0.15) is 0 Å². The largest absolute Gasteiger partial charge is 0.317 e. The predicted octanol–water partition coefficient (Wildman–Crippen LogP) is 0.237. The number of sulfonamides is 1. The summed E-state index contributed by atoms with van der Waals surface area (Å²) >= 11 is 0. The van der Waals surface area contributed by atoms with E-state index in [-0.39, 0.29) is 5.25 Å². The molecule has 3 heterocycles. The van der Waals surface area contributed by atoms with Gasteiger partial charge in [0.15, 0.2) is 0 Å². The van der Waals surface area contributed by atoms with E-state index in [1.54, 1.807) is 4.31 Å². The Morgan fingerprint density at radius 3 is 2.42 bits per heavy atom. The molecule has 0 aromatic rings. The van der Waals surface area contributed by atoms with Gasteiger partial charge in [-0.15, -0.1) is 0 Å². The van der Waals surface area contributed by atoms with Crippen molar-refractivity contribution in [2.45, 2.75) is 49.4 Å². The van der Waals surface area contributed by atoms with Gasteiger partial charge < -0.3 is 5.32 Å². The Balaban J connectivity index is 1.74. The van der Waals surface area contributed by atoms with E-state index in [2.05, 4.69) is 17.3 Å². The van der Waals surface area contributed by atoms with E-state index in [0.29, 0.717) is 18.6 Å². The van der Waals surface area contributed by atoms with E-state index in [1.165, 1.54) is 6.42 Å². The van der Waals surface area contributed by atoms with Crippen molar-refractivity contribution in [1.29, 1.82) is 0 Å². The highest BCUT2D eigenvalue weighted by atomic mass is 32.2. The maximum Gasteiger partial charge on any atom is 0.217 e. The molecule has 3 fully saturated rings. The fraction of sp³-hybridized carbons (Fsp3) is 1.00. The third kappa shape index (κ3) is 2.55. The van der Waals surface area contributed by atoms with Crippen LogP contribution in [0.3, 0.4) is 0 Å². The van der Waals surface area contributed by atoms with Crippen LogP contribution in [0, 0.1) is 0 Å². The van der Waals surface area contributed by atoms with Crippen LogP contribution in [0.2, 0.25) is 0 Å². The molecule has 0 aromatic carbocycles. The number of rotatable bonds is 2. The van der Waals surface area contributed by atoms with E-state index in [9.17, 15) is 8.42 Å². The summed E-state index contributed by atoms with van der Waals surface area (Å²) < 4.78 is 27.3. The molecule has 110 valence electrons. The third-order valence-corrected chi connectivity index (χ3v) is 7.54. The summed E-state index contributed by atoms with van der Waals surface area (Å²) in [6.07, 6.45) is 4.92. The molecule has 2 unspecified atom stereocenters. The van der Waals surface area contributed by atoms with Crippen molar-refractivity contribution < 1.29 is 8.42 Å². The van der Waals surface area contributed by atoms with Gasteiger partial charge in [-0.3, -0.25) is 4.90 Å². The zero-order valence-electron chi connectivity index (χ0n) is 11.7. The quantitative estimate of drug-likeness (QED) is 0.790. The van der Waals surface area contributed by atoms with E-state index in [0.717, 1.165) is 45.3 Å². The summed E-state index contributed by atoms with van der Waals surface area (Å²) in [5.74, 6) is 0. The molecule has 0 amide bonds. The van der Waals surface area contributed by atoms with Crippen LogP contribution in [0.5, 0.6) is 0 Å². The van der Waals surface area contributed by atoms with Crippen LogP contribution < -0.4 is 5.32 Å². The highest BCUT2D eigenvalue weighted by Gasteiger charge is 2.40. The number of nitrogens with zero attached hydrogens (tertiary/aromatic N) is 2. The lowest BCUT2D eigenvalue weighted by Gasteiger charge is -2.31. The Kier molecular flexibility index (Phi) is 3.86. The fourth-order valence-corrected chi connectivity index (χ4v) is 5.81. The third-order valence-electron chi connectivity index (χ3n) is 5.18. The first kappa shape index (κ1) is 13.8. The molecule has 0 aromatic heterocycles. The maximum atomic E-state index is 12.8. The van der Waals surface area contributed by atoms with Gasteiger partial charge in [0.05, 0.1) is 5.25 Å². The van der Waals surface area contributed by atoms with Crippen molar-refractivity contribution in [1.82, 2.24) is 14.5 Å². The Hall–Kier alpha value is -0.170. The molecule has 3 aliphatic rings. The van der Waals surface area contributed by atoms with Crippen LogP contribution in [-0.2, 0) is 10.0 Å². The normalized spacial score (nSPS) is 35.4. The summed E-state index contributed by atoms with van der Waals surface area (Å²) in [5.41, 5.74) is 0. The van der Waals surface area contributed by atoms with Crippen molar-refractivity contribution in [3.63, 3.8) is 0 Å². The van der Waals surface area contributed by atoms with Crippen LogP contribution in [0.25, 0.3) is 0 Å². The van der Waals surface area contributed by atoms with Crippen LogP contribution in [0.15, 0.2) is 0 Å². The molecule has 0 radical (unpaired) electrons. The molecule has 3 rings (SSSR count). The molecule has 6 heteroatoms. The smallest absolute Gasteiger partial charge is 0.217 e. The summed E-state index contributed by atoms with van der Waals surface area (Å²) in [7, 11) is -0.932. The molecule has 3 aliphatic heterocycles. The minimum atomic E-state index is -3.09. The Bertz CT molecular complexity index is 420. The molecule has 0 aliphatic carbocycles. The van der Waals surface area contributed by atoms with Crippen LogP contribution in [-0.4, -0.2) is 68.2 Å². The van der Waals surface area contributed by atoms with Crippen molar-refractivity contribution in [3.8, 4) is 0 Å². The van der Waals surface area contributed by atoms with Gasteiger partial charge in [0, 0.05) is 25.2 Å². The van der Waals surface area contributed by atoms with Crippen molar-refractivity contribution in [2.75, 3.05) is 33.2 Å². The lowest BCUT2D eigenvalue weighted by atomic mass is 10.1. The number of hydrogen-bond donors (Lipinski definition) is 1. The average Bonchev–Trinajstić information content (AvgIpc) is 2.63. The van der Waals surface area contributed by atoms with Crippen LogP contribution in [0.4, 0.5) is 0 Å². The molecular weight excluding hydrogens is 262 g/mol. The topological polar surface area (TPSA) is 52.7 Å².